The van der Waals surface area contributed by atoms with Gasteiger partial charge in [0.2, 0.25) is 5.91 Å². The summed E-state index contributed by atoms with van der Waals surface area (Å²) in [6, 6.07) is 7.84. The molecule has 3 heterocycles. The zero-order chi connectivity index (χ0) is 13.9. The molecule has 1 aliphatic rings. The Kier molecular flexibility index (Phi) is 3.78. The van der Waals surface area contributed by atoms with E-state index in [0.29, 0.717) is 12.3 Å². The molecule has 0 radical (unpaired) electrons. The molecule has 0 aromatic carbocycles. The van der Waals surface area contributed by atoms with E-state index in [4.69, 9.17) is 4.42 Å². The monoisotopic (exact) mass is 288 g/mol. The number of rotatable bonds is 4. The lowest BCUT2D eigenvalue weighted by Crippen LogP contribution is -2.27. The van der Waals surface area contributed by atoms with Gasteiger partial charge in [0.1, 0.15) is 16.9 Å². The van der Waals surface area contributed by atoms with Crippen LogP contribution in [0.4, 0.5) is 0 Å². The second-order valence-corrected chi connectivity index (χ2v) is 5.77. The Morgan fingerprint density at radius 2 is 2.35 bits per heavy atom. The van der Waals surface area contributed by atoms with Gasteiger partial charge >= 0.3 is 0 Å². The van der Waals surface area contributed by atoms with Crippen LogP contribution in [-0.2, 0) is 17.8 Å². The molecule has 1 fully saturated rings. The Labute approximate surface area is 122 Å². The fraction of sp³-hybridized carbons (Fsp3) is 0.333. The van der Waals surface area contributed by atoms with Gasteiger partial charge in [-0.1, -0.05) is 13.0 Å². The van der Waals surface area contributed by atoms with E-state index in [1.807, 2.05) is 29.2 Å². The zero-order valence-electron chi connectivity index (χ0n) is 11.3. The summed E-state index contributed by atoms with van der Waals surface area (Å²) < 4.78 is 5.80. The molecule has 5 heteroatoms. The molecule has 2 aromatic rings. The van der Waals surface area contributed by atoms with Gasteiger partial charge in [0.25, 0.3) is 0 Å². The molecule has 0 bridgehead atoms. The summed E-state index contributed by atoms with van der Waals surface area (Å²) in [7, 11) is 0. The lowest BCUT2D eigenvalue weighted by atomic mass is 10.2. The van der Waals surface area contributed by atoms with Gasteiger partial charge in [-0.25, -0.2) is 0 Å². The van der Waals surface area contributed by atoms with E-state index < -0.39 is 0 Å². The van der Waals surface area contributed by atoms with Crippen LogP contribution in [0.15, 0.2) is 41.1 Å². The fourth-order valence-electron chi connectivity index (χ4n) is 2.27. The fourth-order valence-corrected chi connectivity index (χ4v) is 3.40. The van der Waals surface area contributed by atoms with Gasteiger partial charge in [-0.2, -0.15) is 0 Å². The number of carbonyl (C=O) groups excluding carboxylic acids is 1. The maximum atomic E-state index is 12.1. The Bertz CT molecular complexity index is 597. The van der Waals surface area contributed by atoms with Crippen molar-refractivity contribution in [3.8, 4) is 0 Å². The SMILES string of the molecule is CCc1ccc(C2SCC(=O)N2Cc2cccnc2)o1. The number of nitrogens with zero attached hydrogens (tertiary/aromatic N) is 2. The van der Waals surface area contributed by atoms with Crippen molar-refractivity contribution in [1.82, 2.24) is 9.88 Å². The minimum atomic E-state index is -0.0250. The molecule has 1 saturated heterocycles. The Hall–Kier alpha value is -1.75. The van der Waals surface area contributed by atoms with E-state index in [0.717, 1.165) is 23.5 Å². The summed E-state index contributed by atoms with van der Waals surface area (Å²) in [5, 5.41) is -0.0250. The lowest BCUT2D eigenvalue weighted by Gasteiger charge is -2.22. The topological polar surface area (TPSA) is 46.3 Å². The summed E-state index contributed by atoms with van der Waals surface area (Å²) in [6.07, 6.45) is 4.41. The quantitative estimate of drug-likeness (QED) is 0.867. The molecule has 4 nitrogen and oxygen atoms in total. The van der Waals surface area contributed by atoms with Crippen LogP contribution in [0.3, 0.4) is 0 Å². The van der Waals surface area contributed by atoms with Crippen LogP contribution >= 0.6 is 11.8 Å². The minimum Gasteiger partial charge on any atom is -0.463 e. The predicted molar refractivity (Wildman–Crippen MR) is 78.1 cm³/mol. The number of hydrogen-bond donors (Lipinski definition) is 0. The number of carbonyl (C=O) groups is 1. The number of aromatic nitrogens is 1. The third-order valence-electron chi connectivity index (χ3n) is 3.32. The highest BCUT2D eigenvalue weighted by molar-refractivity contribution is 8.00. The standard InChI is InChI=1S/C15H16N2O2S/c1-2-12-5-6-13(19-12)15-17(14(18)10-20-15)9-11-4-3-7-16-8-11/h3-8,15H,2,9-10H2,1H3. The highest BCUT2D eigenvalue weighted by Crippen LogP contribution is 2.40. The third-order valence-corrected chi connectivity index (χ3v) is 4.53. The second-order valence-electron chi connectivity index (χ2n) is 4.70. The molecule has 1 atom stereocenters. The molecular weight excluding hydrogens is 272 g/mol. The van der Waals surface area contributed by atoms with Gasteiger partial charge < -0.3 is 9.32 Å². The molecule has 1 amide bonds. The summed E-state index contributed by atoms with van der Waals surface area (Å²) in [5.74, 6) is 2.48. The van der Waals surface area contributed by atoms with Gasteiger partial charge in [-0.3, -0.25) is 9.78 Å². The van der Waals surface area contributed by atoms with E-state index in [-0.39, 0.29) is 11.3 Å². The van der Waals surface area contributed by atoms with E-state index >= 15 is 0 Å². The third kappa shape index (κ3) is 2.58. The van der Waals surface area contributed by atoms with Crippen LogP contribution in [0.25, 0.3) is 0 Å². The molecule has 3 rings (SSSR count). The highest BCUT2D eigenvalue weighted by Gasteiger charge is 2.34. The number of furan rings is 1. The molecule has 0 N–H and O–H groups in total. The number of pyridine rings is 1. The van der Waals surface area contributed by atoms with Crippen molar-refractivity contribution in [1.29, 1.82) is 0 Å². The largest absolute Gasteiger partial charge is 0.463 e. The first-order valence-corrected chi connectivity index (χ1v) is 7.71. The summed E-state index contributed by atoms with van der Waals surface area (Å²) in [5.41, 5.74) is 1.04. The van der Waals surface area contributed by atoms with E-state index in [1.165, 1.54) is 0 Å². The number of thioether (sulfide) groups is 1. The van der Waals surface area contributed by atoms with Crippen molar-refractivity contribution >= 4 is 17.7 Å². The average Bonchev–Trinajstić information content (AvgIpc) is 3.08. The van der Waals surface area contributed by atoms with Gasteiger partial charge in [0.05, 0.1) is 5.75 Å². The maximum absolute atomic E-state index is 12.1. The first-order valence-electron chi connectivity index (χ1n) is 6.66. The lowest BCUT2D eigenvalue weighted by molar-refractivity contribution is -0.128. The van der Waals surface area contributed by atoms with Crippen molar-refractivity contribution in [2.45, 2.75) is 25.3 Å². The van der Waals surface area contributed by atoms with Gasteiger partial charge in [0.15, 0.2) is 0 Å². The molecule has 0 saturated carbocycles. The average molecular weight is 288 g/mol. The second kappa shape index (κ2) is 5.71. The van der Waals surface area contributed by atoms with Crippen molar-refractivity contribution in [2.75, 3.05) is 5.75 Å². The molecule has 104 valence electrons. The number of aryl methyl sites for hydroxylation is 1. The van der Waals surface area contributed by atoms with Crippen LogP contribution in [0.1, 0.15) is 29.4 Å². The van der Waals surface area contributed by atoms with Crippen LogP contribution in [-0.4, -0.2) is 21.5 Å². The summed E-state index contributed by atoms with van der Waals surface area (Å²) in [6.45, 7) is 2.63. The Balaban J connectivity index is 1.81. The maximum Gasteiger partial charge on any atom is 0.234 e. The normalized spacial score (nSPS) is 18.8. The van der Waals surface area contributed by atoms with E-state index in [2.05, 4.69) is 11.9 Å². The van der Waals surface area contributed by atoms with Gasteiger partial charge in [-0.05, 0) is 23.8 Å². The van der Waals surface area contributed by atoms with Crippen LogP contribution in [0, 0.1) is 0 Å². The van der Waals surface area contributed by atoms with Crippen LogP contribution in [0.5, 0.6) is 0 Å². The Morgan fingerprint density at radius 1 is 1.45 bits per heavy atom. The molecule has 2 aromatic heterocycles. The summed E-state index contributed by atoms with van der Waals surface area (Å²) in [4.78, 5) is 18.0. The first kappa shape index (κ1) is 13.2. The van der Waals surface area contributed by atoms with E-state index in [9.17, 15) is 4.79 Å². The summed E-state index contributed by atoms with van der Waals surface area (Å²) >= 11 is 1.62. The highest BCUT2D eigenvalue weighted by atomic mass is 32.2. The van der Waals surface area contributed by atoms with Gasteiger partial charge in [-0.15, -0.1) is 11.8 Å². The van der Waals surface area contributed by atoms with Crippen molar-refractivity contribution in [2.24, 2.45) is 0 Å². The zero-order valence-corrected chi connectivity index (χ0v) is 12.1. The van der Waals surface area contributed by atoms with Crippen molar-refractivity contribution in [3.05, 3.63) is 53.7 Å². The molecule has 0 spiro atoms. The Morgan fingerprint density at radius 3 is 3.05 bits per heavy atom. The van der Waals surface area contributed by atoms with Crippen LogP contribution < -0.4 is 0 Å². The van der Waals surface area contributed by atoms with Crippen molar-refractivity contribution < 1.29 is 9.21 Å². The van der Waals surface area contributed by atoms with Crippen molar-refractivity contribution in [3.63, 3.8) is 0 Å². The molecule has 20 heavy (non-hydrogen) atoms. The van der Waals surface area contributed by atoms with E-state index in [1.54, 1.807) is 24.2 Å². The number of hydrogen-bond acceptors (Lipinski definition) is 4. The molecule has 0 aliphatic carbocycles. The first-order chi connectivity index (χ1) is 9.78. The molecular formula is C15H16N2O2S. The van der Waals surface area contributed by atoms with Gasteiger partial charge in [0, 0.05) is 25.4 Å². The number of amides is 1. The predicted octanol–water partition coefficient (Wildman–Crippen LogP) is 3.01. The smallest absolute Gasteiger partial charge is 0.234 e. The minimum absolute atomic E-state index is 0.0250. The molecule has 1 unspecified atom stereocenters. The van der Waals surface area contributed by atoms with Crippen LogP contribution in [0.2, 0.25) is 0 Å². The molecule has 1 aliphatic heterocycles.